The van der Waals surface area contributed by atoms with Gasteiger partial charge >= 0.3 is 0 Å². The van der Waals surface area contributed by atoms with E-state index >= 15 is 0 Å². The molecule has 2 nitrogen and oxygen atoms in total. The SMILES string of the molecule is C[C@@H](NC1=CCN=CC1)c1ccccc1. The summed E-state index contributed by atoms with van der Waals surface area (Å²) < 4.78 is 0. The van der Waals surface area contributed by atoms with E-state index in [2.05, 4.69) is 47.6 Å². The maximum Gasteiger partial charge on any atom is 0.0586 e. The van der Waals surface area contributed by atoms with Crippen molar-refractivity contribution in [3.05, 3.63) is 47.7 Å². The number of hydrogen-bond donors (Lipinski definition) is 1. The summed E-state index contributed by atoms with van der Waals surface area (Å²) in [5.74, 6) is 0. The van der Waals surface area contributed by atoms with Gasteiger partial charge < -0.3 is 5.32 Å². The zero-order valence-corrected chi connectivity index (χ0v) is 8.98. The van der Waals surface area contributed by atoms with Crippen molar-refractivity contribution in [3.63, 3.8) is 0 Å². The molecule has 1 heterocycles. The molecule has 78 valence electrons. The molecule has 0 bridgehead atoms. The predicted molar refractivity (Wildman–Crippen MR) is 64.1 cm³/mol. The molecule has 2 heteroatoms. The van der Waals surface area contributed by atoms with Crippen molar-refractivity contribution in [2.45, 2.75) is 19.4 Å². The van der Waals surface area contributed by atoms with E-state index in [0.29, 0.717) is 6.04 Å². The molecule has 1 aromatic carbocycles. The molecule has 0 saturated heterocycles. The van der Waals surface area contributed by atoms with Gasteiger partial charge in [-0.1, -0.05) is 30.3 Å². The Labute approximate surface area is 90.7 Å². The molecule has 0 fully saturated rings. The summed E-state index contributed by atoms with van der Waals surface area (Å²) in [4.78, 5) is 4.17. The number of dihydropyridines is 1. The molecular formula is C13H16N2. The van der Waals surface area contributed by atoms with Gasteiger partial charge in [0.05, 0.1) is 6.54 Å². The molecule has 1 aliphatic heterocycles. The number of aliphatic imine (C=N–C) groups is 1. The summed E-state index contributed by atoms with van der Waals surface area (Å²) in [6, 6.07) is 10.9. The van der Waals surface area contributed by atoms with Gasteiger partial charge in [0, 0.05) is 24.4 Å². The van der Waals surface area contributed by atoms with E-state index in [4.69, 9.17) is 0 Å². The van der Waals surface area contributed by atoms with Gasteiger partial charge in [0.2, 0.25) is 0 Å². The van der Waals surface area contributed by atoms with Crippen LogP contribution < -0.4 is 5.32 Å². The lowest BCUT2D eigenvalue weighted by atomic mass is 10.1. The van der Waals surface area contributed by atoms with Crippen LogP contribution in [0.15, 0.2) is 47.1 Å². The van der Waals surface area contributed by atoms with E-state index in [0.717, 1.165) is 13.0 Å². The Balaban J connectivity index is 1.98. The normalized spacial score (nSPS) is 17.0. The van der Waals surface area contributed by atoms with Gasteiger partial charge in [-0.2, -0.15) is 0 Å². The Morgan fingerprint density at radius 3 is 2.73 bits per heavy atom. The van der Waals surface area contributed by atoms with E-state index < -0.39 is 0 Å². The third-order valence-electron chi connectivity index (χ3n) is 2.58. The zero-order valence-electron chi connectivity index (χ0n) is 8.98. The van der Waals surface area contributed by atoms with Crippen LogP contribution in [0.25, 0.3) is 0 Å². The highest BCUT2D eigenvalue weighted by molar-refractivity contribution is 5.62. The minimum Gasteiger partial charge on any atom is -0.382 e. The van der Waals surface area contributed by atoms with E-state index in [1.54, 1.807) is 0 Å². The summed E-state index contributed by atoms with van der Waals surface area (Å²) in [6.45, 7) is 2.99. The number of benzene rings is 1. The smallest absolute Gasteiger partial charge is 0.0586 e. The standard InChI is InChI=1S/C13H16N2/c1-11(12-5-3-2-4-6-12)15-13-7-9-14-10-8-13/h2-7,10-11,15H,8-9H2,1H3/t11-/m1/s1. The lowest BCUT2D eigenvalue weighted by molar-refractivity contribution is 0.643. The Morgan fingerprint density at radius 1 is 1.27 bits per heavy atom. The van der Waals surface area contributed by atoms with Crippen LogP contribution in [0.3, 0.4) is 0 Å². The molecule has 0 aromatic heterocycles. The molecule has 0 saturated carbocycles. The first-order valence-electron chi connectivity index (χ1n) is 5.35. The monoisotopic (exact) mass is 200 g/mol. The van der Waals surface area contributed by atoms with Gasteiger partial charge in [0.15, 0.2) is 0 Å². The van der Waals surface area contributed by atoms with Gasteiger partial charge in [-0.05, 0) is 18.6 Å². The lowest BCUT2D eigenvalue weighted by Gasteiger charge is -2.18. The number of rotatable bonds is 3. The van der Waals surface area contributed by atoms with E-state index in [-0.39, 0.29) is 0 Å². The average Bonchev–Trinajstić information content (AvgIpc) is 2.31. The van der Waals surface area contributed by atoms with Crippen LogP contribution in [-0.4, -0.2) is 12.8 Å². The second-order valence-electron chi connectivity index (χ2n) is 3.76. The minimum absolute atomic E-state index is 0.365. The van der Waals surface area contributed by atoms with E-state index in [1.807, 2.05) is 12.3 Å². The molecule has 0 unspecified atom stereocenters. The highest BCUT2D eigenvalue weighted by Crippen LogP contribution is 2.14. The highest BCUT2D eigenvalue weighted by Gasteiger charge is 2.06. The van der Waals surface area contributed by atoms with E-state index in [1.165, 1.54) is 11.3 Å². The molecule has 0 spiro atoms. The van der Waals surface area contributed by atoms with Crippen molar-refractivity contribution in [3.8, 4) is 0 Å². The van der Waals surface area contributed by atoms with E-state index in [9.17, 15) is 0 Å². The summed E-state index contributed by atoms with van der Waals surface area (Å²) in [5.41, 5.74) is 2.60. The number of hydrogen-bond acceptors (Lipinski definition) is 2. The first kappa shape index (κ1) is 9.97. The second kappa shape index (κ2) is 4.78. The molecule has 0 radical (unpaired) electrons. The summed E-state index contributed by atoms with van der Waals surface area (Å²) in [5, 5.41) is 3.50. The molecule has 0 aliphatic carbocycles. The first-order valence-corrected chi connectivity index (χ1v) is 5.35. The fourth-order valence-corrected chi connectivity index (χ4v) is 1.70. The second-order valence-corrected chi connectivity index (χ2v) is 3.76. The third-order valence-corrected chi connectivity index (χ3v) is 2.58. The molecule has 1 aromatic rings. The Hall–Kier alpha value is -1.57. The Morgan fingerprint density at radius 2 is 2.07 bits per heavy atom. The van der Waals surface area contributed by atoms with Crippen molar-refractivity contribution < 1.29 is 0 Å². The van der Waals surface area contributed by atoms with Crippen molar-refractivity contribution >= 4 is 6.21 Å². The van der Waals surface area contributed by atoms with Gasteiger partial charge in [0.1, 0.15) is 0 Å². The Kier molecular flexibility index (Phi) is 3.18. The van der Waals surface area contributed by atoms with Crippen LogP contribution in [-0.2, 0) is 0 Å². The van der Waals surface area contributed by atoms with Crippen LogP contribution in [0.4, 0.5) is 0 Å². The largest absolute Gasteiger partial charge is 0.382 e. The minimum atomic E-state index is 0.365. The average molecular weight is 200 g/mol. The summed E-state index contributed by atoms with van der Waals surface area (Å²) in [6.07, 6.45) is 5.05. The quantitative estimate of drug-likeness (QED) is 0.797. The number of allylic oxidation sites excluding steroid dienone is 1. The fourth-order valence-electron chi connectivity index (χ4n) is 1.70. The maximum atomic E-state index is 4.17. The van der Waals surface area contributed by atoms with Crippen LogP contribution in [0.2, 0.25) is 0 Å². The molecule has 15 heavy (non-hydrogen) atoms. The number of nitrogens with one attached hydrogen (secondary N) is 1. The molecule has 1 aliphatic rings. The molecular weight excluding hydrogens is 184 g/mol. The first-order chi connectivity index (χ1) is 7.36. The molecule has 1 atom stereocenters. The molecule has 0 amide bonds. The maximum absolute atomic E-state index is 4.17. The van der Waals surface area contributed by atoms with Crippen molar-refractivity contribution in [1.82, 2.24) is 5.32 Å². The van der Waals surface area contributed by atoms with Crippen LogP contribution in [0.5, 0.6) is 0 Å². The molecule has 1 N–H and O–H groups in total. The van der Waals surface area contributed by atoms with Crippen molar-refractivity contribution in [2.75, 3.05) is 6.54 Å². The zero-order chi connectivity index (χ0) is 10.5. The van der Waals surface area contributed by atoms with Gasteiger partial charge in [-0.3, -0.25) is 4.99 Å². The van der Waals surface area contributed by atoms with Gasteiger partial charge in [0.25, 0.3) is 0 Å². The molecule has 2 rings (SSSR count). The number of nitrogens with zero attached hydrogens (tertiary/aromatic N) is 1. The Bertz CT molecular complexity index is 365. The summed E-state index contributed by atoms with van der Waals surface area (Å²) >= 11 is 0. The summed E-state index contributed by atoms with van der Waals surface area (Å²) in [7, 11) is 0. The lowest BCUT2D eigenvalue weighted by Crippen LogP contribution is -2.19. The van der Waals surface area contributed by atoms with Crippen LogP contribution in [0.1, 0.15) is 24.9 Å². The predicted octanol–water partition coefficient (Wildman–Crippen LogP) is 2.70. The fraction of sp³-hybridized carbons (Fsp3) is 0.308. The van der Waals surface area contributed by atoms with Crippen molar-refractivity contribution in [2.24, 2.45) is 4.99 Å². The van der Waals surface area contributed by atoms with Gasteiger partial charge in [-0.15, -0.1) is 0 Å². The van der Waals surface area contributed by atoms with Crippen LogP contribution >= 0.6 is 0 Å². The highest BCUT2D eigenvalue weighted by atomic mass is 14.9. The van der Waals surface area contributed by atoms with Gasteiger partial charge in [-0.25, -0.2) is 0 Å². The van der Waals surface area contributed by atoms with Crippen LogP contribution in [0, 0.1) is 0 Å². The topological polar surface area (TPSA) is 24.4 Å². The third kappa shape index (κ3) is 2.69. The van der Waals surface area contributed by atoms with Crippen molar-refractivity contribution in [1.29, 1.82) is 0 Å².